The van der Waals surface area contributed by atoms with Crippen molar-refractivity contribution >= 4 is 17.7 Å². The van der Waals surface area contributed by atoms with Gasteiger partial charge in [-0.3, -0.25) is 4.79 Å². The molecule has 2 heterocycles. The summed E-state index contributed by atoms with van der Waals surface area (Å²) in [5, 5.41) is 9.08. The number of aromatic carboxylic acids is 1. The van der Waals surface area contributed by atoms with E-state index in [0.717, 1.165) is 5.82 Å². The maximum Gasteiger partial charge on any atom is 0.335 e. The Morgan fingerprint density at radius 3 is 2.73 bits per heavy atom. The van der Waals surface area contributed by atoms with Crippen LogP contribution >= 0.6 is 0 Å². The zero-order chi connectivity index (χ0) is 18.7. The Labute approximate surface area is 151 Å². The molecule has 0 saturated carbocycles. The van der Waals surface area contributed by atoms with Gasteiger partial charge in [-0.15, -0.1) is 0 Å². The number of carbonyl (C=O) groups is 2. The van der Waals surface area contributed by atoms with Crippen LogP contribution in [0.25, 0.3) is 0 Å². The number of nitrogens with zero attached hydrogens (tertiary/aromatic N) is 3. The smallest absolute Gasteiger partial charge is 0.335 e. The molecule has 1 aromatic heterocycles. The second-order valence-electron chi connectivity index (χ2n) is 6.39. The fourth-order valence-corrected chi connectivity index (χ4v) is 2.97. The zero-order valence-electron chi connectivity index (χ0n) is 14.8. The van der Waals surface area contributed by atoms with E-state index in [-0.39, 0.29) is 17.6 Å². The lowest BCUT2D eigenvalue weighted by molar-refractivity contribution is 0.0697. The van der Waals surface area contributed by atoms with Crippen LogP contribution in [-0.2, 0) is 0 Å². The molecular formula is C19H21N3O4. The SMILES string of the molecule is CN(C)c1ncccc1OC1CCN(C(=O)c2cccc(C(=O)O)c2)C1. The van der Waals surface area contributed by atoms with Crippen molar-refractivity contribution in [1.82, 2.24) is 9.88 Å². The number of likely N-dealkylation sites (tertiary alicyclic amines) is 1. The standard InChI is InChI=1S/C19H21N3O4/c1-21(2)17-16(7-4-9-20-17)26-15-8-10-22(12-15)18(23)13-5-3-6-14(11-13)19(24)25/h3-7,9,11,15H,8,10,12H2,1-2H3,(H,24,25). The summed E-state index contributed by atoms with van der Waals surface area (Å²) < 4.78 is 6.05. The highest BCUT2D eigenvalue weighted by atomic mass is 16.5. The van der Waals surface area contributed by atoms with Crippen LogP contribution in [0.1, 0.15) is 27.1 Å². The lowest BCUT2D eigenvalue weighted by Gasteiger charge is -2.20. The summed E-state index contributed by atoms with van der Waals surface area (Å²) in [6.07, 6.45) is 2.30. The molecule has 1 saturated heterocycles. The second-order valence-corrected chi connectivity index (χ2v) is 6.39. The number of carbonyl (C=O) groups excluding carboxylic acids is 1. The van der Waals surface area contributed by atoms with Gasteiger partial charge >= 0.3 is 5.97 Å². The summed E-state index contributed by atoms with van der Waals surface area (Å²) in [5.74, 6) is 0.199. The van der Waals surface area contributed by atoms with E-state index in [1.807, 2.05) is 31.1 Å². The monoisotopic (exact) mass is 355 g/mol. The number of pyridine rings is 1. The largest absolute Gasteiger partial charge is 0.485 e. The maximum absolute atomic E-state index is 12.7. The van der Waals surface area contributed by atoms with Crippen LogP contribution in [0.15, 0.2) is 42.6 Å². The highest BCUT2D eigenvalue weighted by Crippen LogP contribution is 2.27. The highest BCUT2D eigenvalue weighted by molar-refractivity contribution is 5.97. The van der Waals surface area contributed by atoms with Crippen molar-refractivity contribution in [2.24, 2.45) is 0 Å². The van der Waals surface area contributed by atoms with Gasteiger partial charge in [0.05, 0.1) is 12.1 Å². The molecule has 0 aliphatic carbocycles. The molecule has 0 radical (unpaired) electrons. The molecule has 0 spiro atoms. The van der Waals surface area contributed by atoms with Crippen LogP contribution in [0.3, 0.4) is 0 Å². The molecule has 7 nitrogen and oxygen atoms in total. The first-order chi connectivity index (χ1) is 12.5. The fraction of sp³-hybridized carbons (Fsp3) is 0.316. The van der Waals surface area contributed by atoms with E-state index in [0.29, 0.717) is 30.8 Å². The minimum atomic E-state index is -1.05. The summed E-state index contributed by atoms with van der Waals surface area (Å²) in [6.45, 7) is 1.02. The Kier molecular flexibility index (Phi) is 5.06. The third-order valence-electron chi connectivity index (χ3n) is 4.26. The Hall–Kier alpha value is -3.09. The van der Waals surface area contributed by atoms with Gasteiger partial charge in [0.15, 0.2) is 11.6 Å². The quantitative estimate of drug-likeness (QED) is 0.885. The summed E-state index contributed by atoms with van der Waals surface area (Å²) >= 11 is 0. The molecule has 7 heteroatoms. The van der Waals surface area contributed by atoms with E-state index in [4.69, 9.17) is 9.84 Å². The Morgan fingerprint density at radius 2 is 2.00 bits per heavy atom. The number of hydrogen-bond donors (Lipinski definition) is 1. The minimum absolute atomic E-state index is 0.105. The van der Waals surface area contributed by atoms with E-state index in [1.54, 1.807) is 23.2 Å². The number of rotatable bonds is 5. The first kappa shape index (κ1) is 17.7. The van der Waals surface area contributed by atoms with Gasteiger partial charge in [0.25, 0.3) is 5.91 Å². The van der Waals surface area contributed by atoms with Crippen molar-refractivity contribution in [2.75, 3.05) is 32.1 Å². The first-order valence-electron chi connectivity index (χ1n) is 8.37. The fourth-order valence-electron chi connectivity index (χ4n) is 2.97. The van der Waals surface area contributed by atoms with Crippen LogP contribution in [0.2, 0.25) is 0 Å². The molecule has 1 unspecified atom stereocenters. The van der Waals surface area contributed by atoms with Crippen molar-refractivity contribution in [2.45, 2.75) is 12.5 Å². The van der Waals surface area contributed by atoms with Crippen LogP contribution < -0.4 is 9.64 Å². The minimum Gasteiger partial charge on any atom is -0.485 e. The summed E-state index contributed by atoms with van der Waals surface area (Å²) in [7, 11) is 3.80. The van der Waals surface area contributed by atoms with Crippen molar-refractivity contribution in [3.05, 3.63) is 53.7 Å². The molecular weight excluding hydrogens is 334 g/mol. The molecule has 26 heavy (non-hydrogen) atoms. The summed E-state index contributed by atoms with van der Waals surface area (Å²) in [5.41, 5.74) is 0.481. The third-order valence-corrected chi connectivity index (χ3v) is 4.26. The summed E-state index contributed by atoms with van der Waals surface area (Å²) in [4.78, 5) is 31.6. The van der Waals surface area contributed by atoms with Crippen molar-refractivity contribution in [3.63, 3.8) is 0 Å². The van der Waals surface area contributed by atoms with Crippen LogP contribution in [-0.4, -0.2) is 60.2 Å². The number of amides is 1. The van der Waals surface area contributed by atoms with Crippen LogP contribution in [0.4, 0.5) is 5.82 Å². The molecule has 1 aromatic carbocycles. The number of carboxylic acid groups (broad SMARTS) is 1. The lowest BCUT2D eigenvalue weighted by atomic mass is 10.1. The van der Waals surface area contributed by atoms with Gasteiger partial charge in [-0.05, 0) is 30.3 Å². The van der Waals surface area contributed by atoms with Crippen LogP contribution in [0.5, 0.6) is 5.75 Å². The maximum atomic E-state index is 12.7. The average molecular weight is 355 g/mol. The molecule has 136 valence electrons. The number of aromatic nitrogens is 1. The lowest BCUT2D eigenvalue weighted by Crippen LogP contribution is -2.31. The molecule has 1 fully saturated rings. The van der Waals surface area contributed by atoms with Crippen LogP contribution in [0, 0.1) is 0 Å². The van der Waals surface area contributed by atoms with Crippen molar-refractivity contribution < 1.29 is 19.4 Å². The second kappa shape index (κ2) is 7.43. The van der Waals surface area contributed by atoms with E-state index in [1.165, 1.54) is 12.1 Å². The number of benzene rings is 1. The molecule has 0 bridgehead atoms. The number of hydrogen-bond acceptors (Lipinski definition) is 5. The van der Waals surface area contributed by atoms with Gasteiger partial charge in [0, 0.05) is 38.8 Å². The predicted molar refractivity (Wildman–Crippen MR) is 96.9 cm³/mol. The van der Waals surface area contributed by atoms with Gasteiger partial charge in [-0.2, -0.15) is 0 Å². The molecule has 1 aliphatic rings. The molecule has 1 atom stereocenters. The van der Waals surface area contributed by atoms with Gasteiger partial charge in [-0.1, -0.05) is 6.07 Å². The van der Waals surface area contributed by atoms with E-state index in [9.17, 15) is 9.59 Å². The van der Waals surface area contributed by atoms with E-state index < -0.39 is 5.97 Å². The number of anilines is 1. The highest BCUT2D eigenvalue weighted by Gasteiger charge is 2.29. The molecule has 2 aromatic rings. The van der Waals surface area contributed by atoms with Gasteiger partial charge < -0.3 is 19.6 Å². The first-order valence-corrected chi connectivity index (χ1v) is 8.37. The van der Waals surface area contributed by atoms with E-state index >= 15 is 0 Å². The van der Waals surface area contributed by atoms with Gasteiger partial charge in [-0.25, -0.2) is 9.78 Å². The number of carboxylic acids is 1. The zero-order valence-corrected chi connectivity index (χ0v) is 14.8. The predicted octanol–water partition coefficient (Wildman–Crippen LogP) is 2.14. The van der Waals surface area contributed by atoms with Crippen molar-refractivity contribution in [1.29, 1.82) is 0 Å². The molecule has 1 aliphatic heterocycles. The van der Waals surface area contributed by atoms with Gasteiger partial charge in [0.1, 0.15) is 6.10 Å². The van der Waals surface area contributed by atoms with E-state index in [2.05, 4.69) is 4.98 Å². The summed E-state index contributed by atoms with van der Waals surface area (Å²) in [6, 6.07) is 9.78. The third kappa shape index (κ3) is 3.77. The topological polar surface area (TPSA) is 83.0 Å². The average Bonchev–Trinajstić information content (AvgIpc) is 3.10. The Morgan fingerprint density at radius 1 is 1.23 bits per heavy atom. The normalized spacial score (nSPS) is 16.4. The van der Waals surface area contributed by atoms with Crippen molar-refractivity contribution in [3.8, 4) is 5.75 Å². The molecule has 1 N–H and O–H groups in total. The Bertz CT molecular complexity index is 822. The molecule has 3 rings (SSSR count). The number of ether oxygens (including phenoxy) is 1. The van der Waals surface area contributed by atoms with Gasteiger partial charge in [0.2, 0.25) is 0 Å². The Balaban J connectivity index is 1.68. The molecule has 1 amide bonds.